The summed E-state index contributed by atoms with van der Waals surface area (Å²) < 4.78 is 0. The molecule has 0 amide bonds. The van der Waals surface area contributed by atoms with Gasteiger partial charge in [-0.25, -0.2) is 0 Å². The maximum absolute atomic E-state index is 10.5. The van der Waals surface area contributed by atoms with Crippen molar-refractivity contribution in [2.24, 2.45) is 0 Å². The van der Waals surface area contributed by atoms with Gasteiger partial charge in [-0.2, -0.15) is 0 Å². The predicted molar refractivity (Wildman–Crippen MR) is 75.1 cm³/mol. The van der Waals surface area contributed by atoms with Gasteiger partial charge in [0.05, 0.1) is 6.42 Å². The van der Waals surface area contributed by atoms with Crippen molar-refractivity contribution in [3.8, 4) is 0 Å². The Hall–Kier alpha value is -1.39. The molecule has 0 unspecified atom stereocenters. The quantitative estimate of drug-likeness (QED) is 0.875. The summed E-state index contributed by atoms with van der Waals surface area (Å²) in [6.07, 6.45) is 0.248. The molecule has 0 radical (unpaired) electrons. The van der Waals surface area contributed by atoms with E-state index in [4.69, 9.17) is 5.11 Å². The summed E-state index contributed by atoms with van der Waals surface area (Å²) in [5, 5.41) is 8.68. The van der Waals surface area contributed by atoms with Crippen LogP contribution in [0.2, 0.25) is 0 Å². The molecule has 0 atom stereocenters. The molecule has 0 aromatic heterocycles. The molecule has 1 saturated heterocycles. The predicted octanol–water partition coefficient (Wildman–Crippen LogP) is 1.59. The number of hydrogen-bond donors (Lipinski definition) is 1. The van der Waals surface area contributed by atoms with Crippen LogP contribution in [0.3, 0.4) is 0 Å². The van der Waals surface area contributed by atoms with Crippen LogP contribution in [0.5, 0.6) is 0 Å². The molecular formula is C15H22N2O2. The van der Waals surface area contributed by atoms with Crippen molar-refractivity contribution >= 4 is 5.97 Å². The number of benzene rings is 1. The van der Waals surface area contributed by atoms with Crippen molar-refractivity contribution in [1.29, 1.82) is 0 Å². The van der Waals surface area contributed by atoms with Crippen LogP contribution in [0.25, 0.3) is 0 Å². The van der Waals surface area contributed by atoms with Gasteiger partial charge in [-0.1, -0.05) is 29.8 Å². The lowest BCUT2D eigenvalue weighted by atomic mass is 10.1. The third-order valence-electron chi connectivity index (χ3n) is 3.63. The van der Waals surface area contributed by atoms with Crippen LogP contribution in [0, 0.1) is 6.92 Å². The Kier molecular flexibility index (Phi) is 4.93. The van der Waals surface area contributed by atoms with Crippen LogP contribution in [0.4, 0.5) is 0 Å². The second kappa shape index (κ2) is 6.68. The molecule has 0 spiro atoms. The van der Waals surface area contributed by atoms with Crippen LogP contribution < -0.4 is 0 Å². The molecule has 1 aliphatic heterocycles. The zero-order chi connectivity index (χ0) is 13.7. The van der Waals surface area contributed by atoms with Crippen LogP contribution >= 0.6 is 0 Å². The van der Waals surface area contributed by atoms with Gasteiger partial charge in [0.25, 0.3) is 0 Å². The van der Waals surface area contributed by atoms with E-state index < -0.39 is 5.97 Å². The number of nitrogens with zero attached hydrogens (tertiary/aromatic N) is 2. The molecule has 0 bridgehead atoms. The minimum atomic E-state index is -0.706. The average molecular weight is 262 g/mol. The van der Waals surface area contributed by atoms with Crippen molar-refractivity contribution in [1.82, 2.24) is 9.80 Å². The molecule has 1 aromatic carbocycles. The number of carboxylic acids is 1. The SMILES string of the molecule is Cc1ccc(CN2CCN(CCC(=O)O)CC2)cc1. The topological polar surface area (TPSA) is 43.8 Å². The Morgan fingerprint density at radius 2 is 1.68 bits per heavy atom. The van der Waals surface area contributed by atoms with Gasteiger partial charge >= 0.3 is 5.97 Å². The van der Waals surface area contributed by atoms with Crippen LogP contribution in [0.15, 0.2) is 24.3 Å². The van der Waals surface area contributed by atoms with Gasteiger partial charge in [-0.3, -0.25) is 9.69 Å². The lowest BCUT2D eigenvalue weighted by Gasteiger charge is -2.34. The van der Waals surface area contributed by atoms with Gasteiger partial charge in [0, 0.05) is 39.3 Å². The van der Waals surface area contributed by atoms with E-state index >= 15 is 0 Å². The van der Waals surface area contributed by atoms with Crippen molar-refractivity contribution in [3.63, 3.8) is 0 Å². The number of aryl methyl sites for hydroxylation is 1. The van der Waals surface area contributed by atoms with Gasteiger partial charge in [0.1, 0.15) is 0 Å². The number of carbonyl (C=O) groups is 1. The largest absolute Gasteiger partial charge is 0.481 e. The zero-order valence-corrected chi connectivity index (χ0v) is 11.5. The maximum atomic E-state index is 10.5. The molecule has 4 nitrogen and oxygen atoms in total. The summed E-state index contributed by atoms with van der Waals surface area (Å²) in [5.41, 5.74) is 2.65. The molecular weight excluding hydrogens is 240 g/mol. The Labute approximate surface area is 114 Å². The van der Waals surface area contributed by atoms with E-state index in [2.05, 4.69) is 41.0 Å². The number of rotatable bonds is 5. The molecule has 104 valence electrons. The summed E-state index contributed by atoms with van der Waals surface area (Å²) in [6, 6.07) is 8.68. The van der Waals surface area contributed by atoms with Crippen molar-refractivity contribution in [2.75, 3.05) is 32.7 Å². The smallest absolute Gasteiger partial charge is 0.304 e. The molecule has 0 saturated carbocycles. The van der Waals surface area contributed by atoms with E-state index in [1.807, 2.05) is 0 Å². The van der Waals surface area contributed by atoms with E-state index in [-0.39, 0.29) is 6.42 Å². The van der Waals surface area contributed by atoms with Gasteiger partial charge in [-0.15, -0.1) is 0 Å². The molecule has 1 aromatic rings. The van der Waals surface area contributed by atoms with E-state index in [1.165, 1.54) is 11.1 Å². The third-order valence-corrected chi connectivity index (χ3v) is 3.63. The molecule has 2 rings (SSSR count). The number of piperazine rings is 1. The number of hydrogen-bond acceptors (Lipinski definition) is 3. The van der Waals surface area contributed by atoms with Crippen LogP contribution in [0.1, 0.15) is 17.5 Å². The maximum Gasteiger partial charge on any atom is 0.304 e. The Balaban J connectivity index is 1.74. The van der Waals surface area contributed by atoms with E-state index in [1.54, 1.807) is 0 Å². The van der Waals surface area contributed by atoms with Gasteiger partial charge in [0.15, 0.2) is 0 Å². The fourth-order valence-electron chi connectivity index (χ4n) is 2.38. The lowest BCUT2D eigenvalue weighted by molar-refractivity contribution is -0.137. The number of carboxylic acid groups (broad SMARTS) is 1. The summed E-state index contributed by atoms with van der Waals surface area (Å²) in [6.45, 7) is 7.75. The fraction of sp³-hybridized carbons (Fsp3) is 0.533. The van der Waals surface area contributed by atoms with Crippen molar-refractivity contribution in [3.05, 3.63) is 35.4 Å². The second-order valence-corrected chi connectivity index (χ2v) is 5.25. The highest BCUT2D eigenvalue weighted by Gasteiger charge is 2.17. The van der Waals surface area contributed by atoms with Gasteiger partial charge in [-0.05, 0) is 12.5 Å². The molecule has 4 heteroatoms. The summed E-state index contributed by atoms with van der Waals surface area (Å²) >= 11 is 0. The summed E-state index contributed by atoms with van der Waals surface area (Å²) in [5.74, 6) is -0.706. The first-order chi connectivity index (χ1) is 9.13. The monoisotopic (exact) mass is 262 g/mol. The molecule has 1 N–H and O–H groups in total. The number of aliphatic carboxylic acids is 1. The average Bonchev–Trinajstić information content (AvgIpc) is 2.40. The minimum Gasteiger partial charge on any atom is -0.481 e. The highest BCUT2D eigenvalue weighted by molar-refractivity contribution is 5.66. The van der Waals surface area contributed by atoms with E-state index in [9.17, 15) is 4.79 Å². The standard InChI is InChI=1S/C15H22N2O2/c1-13-2-4-14(5-3-13)12-17-10-8-16(9-11-17)7-6-15(18)19/h2-5H,6-12H2,1H3,(H,18,19). The fourth-order valence-corrected chi connectivity index (χ4v) is 2.38. The first kappa shape index (κ1) is 14.0. The molecule has 1 aliphatic rings. The second-order valence-electron chi connectivity index (χ2n) is 5.25. The molecule has 1 heterocycles. The molecule has 19 heavy (non-hydrogen) atoms. The van der Waals surface area contributed by atoms with Crippen LogP contribution in [-0.2, 0) is 11.3 Å². The zero-order valence-electron chi connectivity index (χ0n) is 11.5. The molecule has 1 fully saturated rings. The van der Waals surface area contributed by atoms with Gasteiger partial charge in [0.2, 0.25) is 0 Å². The molecule has 0 aliphatic carbocycles. The Bertz CT molecular complexity index is 409. The highest BCUT2D eigenvalue weighted by atomic mass is 16.4. The summed E-state index contributed by atoms with van der Waals surface area (Å²) in [4.78, 5) is 15.2. The Morgan fingerprint density at radius 1 is 1.11 bits per heavy atom. The first-order valence-corrected chi connectivity index (χ1v) is 6.85. The third kappa shape index (κ3) is 4.65. The lowest BCUT2D eigenvalue weighted by Crippen LogP contribution is -2.46. The minimum absolute atomic E-state index is 0.248. The van der Waals surface area contributed by atoms with Crippen molar-refractivity contribution < 1.29 is 9.90 Å². The Morgan fingerprint density at radius 3 is 2.26 bits per heavy atom. The normalized spacial score (nSPS) is 17.5. The van der Waals surface area contributed by atoms with Gasteiger partial charge < -0.3 is 10.0 Å². The van der Waals surface area contributed by atoms with E-state index in [0.717, 1.165) is 32.7 Å². The van der Waals surface area contributed by atoms with Crippen LogP contribution in [-0.4, -0.2) is 53.6 Å². The van der Waals surface area contributed by atoms with Crippen molar-refractivity contribution in [2.45, 2.75) is 19.9 Å². The first-order valence-electron chi connectivity index (χ1n) is 6.85. The summed E-state index contributed by atoms with van der Waals surface area (Å²) in [7, 11) is 0. The highest BCUT2D eigenvalue weighted by Crippen LogP contribution is 2.10. The van der Waals surface area contributed by atoms with E-state index in [0.29, 0.717) is 6.54 Å².